The van der Waals surface area contributed by atoms with Crippen LogP contribution in [0.15, 0.2) is 24.3 Å². The highest BCUT2D eigenvalue weighted by molar-refractivity contribution is 5.50. The van der Waals surface area contributed by atoms with Crippen molar-refractivity contribution in [3.63, 3.8) is 0 Å². The van der Waals surface area contributed by atoms with Crippen LogP contribution in [0.5, 0.6) is 17.4 Å². The first-order valence-corrected chi connectivity index (χ1v) is 6.58. The number of rotatable bonds is 5. The van der Waals surface area contributed by atoms with Gasteiger partial charge in [-0.1, -0.05) is 12.1 Å². The number of nitrogens with zero attached hydrogens (tertiary/aromatic N) is 2. The van der Waals surface area contributed by atoms with E-state index in [0.29, 0.717) is 29.8 Å². The van der Waals surface area contributed by atoms with E-state index in [1.165, 1.54) is 0 Å². The zero-order valence-electron chi connectivity index (χ0n) is 12.2. The maximum atomic E-state index is 5.90. The zero-order valence-corrected chi connectivity index (χ0v) is 12.2. The minimum Gasteiger partial charge on any atom is -0.490 e. The number of benzene rings is 1. The van der Waals surface area contributed by atoms with E-state index in [4.69, 9.17) is 9.47 Å². The fraction of sp³-hybridized carbons (Fsp3) is 0.333. The number of nitrogens with one attached hydrogen (secondary N) is 1. The molecule has 20 heavy (non-hydrogen) atoms. The summed E-state index contributed by atoms with van der Waals surface area (Å²) in [7, 11) is 1.83. The Morgan fingerprint density at radius 1 is 1.10 bits per heavy atom. The summed E-state index contributed by atoms with van der Waals surface area (Å²) in [6.45, 7) is 6.28. The average molecular weight is 273 g/mol. The van der Waals surface area contributed by atoms with Crippen LogP contribution in [0.25, 0.3) is 0 Å². The zero-order chi connectivity index (χ0) is 14.5. The molecule has 1 heterocycles. The standard InChI is InChI=1S/C15H19N3O2/c1-5-19-12-8-6-7-9-13(12)20-15-10(2)14(16-4)17-11(3)18-15/h6-9H,5H2,1-4H3,(H,16,17,18). The highest BCUT2D eigenvalue weighted by atomic mass is 16.5. The Hall–Kier alpha value is -2.30. The van der Waals surface area contributed by atoms with E-state index in [0.717, 1.165) is 11.4 Å². The summed E-state index contributed by atoms with van der Waals surface area (Å²) in [4.78, 5) is 8.67. The van der Waals surface area contributed by atoms with Gasteiger partial charge in [-0.25, -0.2) is 4.98 Å². The van der Waals surface area contributed by atoms with Crippen molar-refractivity contribution in [3.8, 4) is 17.4 Å². The van der Waals surface area contributed by atoms with Crippen molar-refractivity contribution in [2.45, 2.75) is 20.8 Å². The summed E-state index contributed by atoms with van der Waals surface area (Å²) < 4.78 is 11.5. The molecule has 0 aliphatic rings. The van der Waals surface area contributed by atoms with Crippen LogP contribution in [-0.2, 0) is 0 Å². The highest BCUT2D eigenvalue weighted by Crippen LogP contribution is 2.33. The molecule has 2 aromatic rings. The molecule has 1 N–H and O–H groups in total. The first-order valence-electron chi connectivity index (χ1n) is 6.58. The quantitative estimate of drug-likeness (QED) is 0.905. The van der Waals surface area contributed by atoms with E-state index in [9.17, 15) is 0 Å². The second kappa shape index (κ2) is 6.23. The van der Waals surface area contributed by atoms with Crippen molar-refractivity contribution in [3.05, 3.63) is 35.7 Å². The minimum atomic E-state index is 0.536. The fourth-order valence-corrected chi connectivity index (χ4v) is 1.86. The monoisotopic (exact) mass is 273 g/mol. The molecule has 2 rings (SSSR count). The number of hydrogen-bond acceptors (Lipinski definition) is 5. The highest BCUT2D eigenvalue weighted by Gasteiger charge is 2.12. The molecule has 0 spiro atoms. The van der Waals surface area contributed by atoms with Gasteiger partial charge in [-0.2, -0.15) is 4.98 Å². The average Bonchev–Trinajstić information content (AvgIpc) is 2.44. The molecular formula is C15H19N3O2. The van der Waals surface area contributed by atoms with Gasteiger partial charge in [0.05, 0.1) is 12.2 Å². The molecule has 5 heteroatoms. The molecule has 0 aliphatic heterocycles. The fourth-order valence-electron chi connectivity index (χ4n) is 1.86. The Bertz CT molecular complexity index is 600. The summed E-state index contributed by atoms with van der Waals surface area (Å²) in [5.74, 6) is 3.31. The number of para-hydroxylation sites is 2. The summed E-state index contributed by atoms with van der Waals surface area (Å²) in [6, 6.07) is 7.55. The van der Waals surface area contributed by atoms with E-state index in [1.807, 2.05) is 52.1 Å². The number of aryl methyl sites for hydroxylation is 1. The molecule has 0 unspecified atom stereocenters. The van der Waals surface area contributed by atoms with Crippen LogP contribution in [0.2, 0.25) is 0 Å². The lowest BCUT2D eigenvalue weighted by molar-refractivity contribution is 0.319. The lowest BCUT2D eigenvalue weighted by Gasteiger charge is -2.14. The van der Waals surface area contributed by atoms with Crippen LogP contribution in [0.3, 0.4) is 0 Å². The molecule has 0 saturated heterocycles. The van der Waals surface area contributed by atoms with Gasteiger partial charge in [-0.15, -0.1) is 0 Å². The van der Waals surface area contributed by atoms with Crippen LogP contribution >= 0.6 is 0 Å². The van der Waals surface area contributed by atoms with Gasteiger partial charge in [0.15, 0.2) is 11.5 Å². The Morgan fingerprint density at radius 2 is 1.80 bits per heavy atom. The van der Waals surface area contributed by atoms with E-state index in [-0.39, 0.29) is 0 Å². The smallest absolute Gasteiger partial charge is 0.227 e. The normalized spacial score (nSPS) is 10.2. The van der Waals surface area contributed by atoms with Gasteiger partial charge in [-0.05, 0) is 32.9 Å². The van der Waals surface area contributed by atoms with Crippen molar-refractivity contribution >= 4 is 5.82 Å². The van der Waals surface area contributed by atoms with Crippen LogP contribution < -0.4 is 14.8 Å². The lowest BCUT2D eigenvalue weighted by atomic mass is 10.3. The Labute approximate surface area is 119 Å². The largest absolute Gasteiger partial charge is 0.490 e. The summed E-state index contributed by atoms with van der Waals surface area (Å²) >= 11 is 0. The number of aromatic nitrogens is 2. The minimum absolute atomic E-state index is 0.536. The molecule has 0 bridgehead atoms. The maximum Gasteiger partial charge on any atom is 0.227 e. The maximum absolute atomic E-state index is 5.90. The summed E-state index contributed by atoms with van der Waals surface area (Å²) in [5.41, 5.74) is 0.865. The molecular weight excluding hydrogens is 254 g/mol. The molecule has 0 aliphatic carbocycles. The van der Waals surface area contributed by atoms with Crippen molar-refractivity contribution in [2.75, 3.05) is 19.0 Å². The van der Waals surface area contributed by atoms with Crippen LogP contribution in [0.4, 0.5) is 5.82 Å². The summed E-state index contributed by atoms with van der Waals surface area (Å²) in [5, 5.41) is 3.04. The third-order valence-corrected chi connectivity index (χ3v) is 2.81. The third kappa shape index (κ3) is 2.99. The topological polar surface area (TPSA) is 56.3 Å². The predicted molar refractivity (Wildman–Crippen MR) is 78.7 cm³/mol. The van der Waals surface area contributed by atoms with Crippen LogP contribution in [0.1, 0.15) is 18.3 Å². The number of hydrogen-bond donors (Lipinski definition) is 1. The second-order valence-electron chi connectivity index (χ2n) is 4.28. The van der Waals surface area contributed by atoms with E-state index >= 15 is 0 Å². The first kappa shape index (κ1) is 14.1. The molecule has 0 saturated carbocycles. The van der Waals surface area contributed by atoms with Crippen molar-refractivity contribution in [1.82, 2.24) is 9.97 Å². The lowest BCUT2D eigenvalue weighted by Crippen LogP contribution is -2.03. The third-order valence-electron chi connectivity index (χ3n) is 2.81. The predicted octanol–water partition coefficient (Wildman–Crippen LogP) is 3.33. The molecule has 5 nitrogen and oxygen atoms in total. The molecule has 0 amide bonds. The summed E-state index contributed by atoms with van der Waals surface area (Å²) in [6.07, 6.45) is 0. The van der Waals surface area contributed by atoms with Crippen molar-refractivity contribution in [1.29, 1.82) is 0 Å². The molecule has 1 aromatic heterocycles. The van der Waals surface area contributed by atoms with Crippen molar-refractivity contribution < 1.29 is 9.47 Å². The van der Waals surface area contributed by atoms with Gasteiger partial charge < -0.3 is 14.8 Å². The SMILES string of the molecule is CCOc1ccccc1Oc1nc(C)nc(NC)c1C. The Balaban J connectivity index is 2.37. The molecule has 0 radical (unpaired) electrons. The molecule has 0 fully saturated rings. The van der Waals surface area contributed by atoms with E-state index in [1.54, 1.807) is 0 Å². The number of ether oxygens (including phenoxy) is 2. The van der Waals surface area contributed by atoms with E-state index in [2.05, 4.69) is 15.3 Å². The van der Waals surface area contributed by atoms with Gasteiger partial charge in [0.25, 0.3) is 0 Å². The second-order valence-corrected chi connectivity index (χ2v) is 4.28. The Morgan fingerprint density at radius 3 is 2.45 bits per heavy atom. The molecule has 106 valence electrons. The van der Waals surface area contributed by atoms with Crippen LogP contribution in [-0.4, -0.2) is 23.6 Å². The van der Waals surface area contributed by atoms with Crippen LogP contribution in [0, 0.1) is 13.8 Å². The van der Waals surface area contributed by atoms with Gasteiger partial charge in [0.2, 0.25) is 5.88 Å². The van der Waals surface area contributed by atoms with Gasteiger partial charge in [0, 0.05) is 7.05 Å². The van der Waals surface area contributed by atoms with Crippen molar-refractivity contribution in [2.24, 2.45) is 0 Å². The number of anilines is 1. The van der Waals surface area contributed by atoms with Gasteiger partial charge in [0.1, 0.15) is 11.6 Å². The molecule has 1 aromatic carbocycles. The van der Waals surface area contributed by atoms with Gasteiger partial charge in [-0.3, -0.25) is 0 Å². The first-order chi connectivity index (χ1) is 9.65. The molecule has 0 atom stereocenters. The van der Waals surface area contributed by atoms with Gasteiger partial charge >= 0.3 is 0 Å². The Kier molecular flexibility index (Phi) is 4.40. The van der Waals surface area contributed by atoms with E-state index < -0.39 is 0 Å².